The van der Waals surface area contributed by atoms with Gasteiger partial charge in [0.1, 0.15) is 13.7 Å². The summed E-state index contributed by atoms with van der Waals surface area (Å²) in [4.78, 5) is 0. The van der Waals surface area contributed by atoms with Crippen molar-refractivity contribution in [2.45, 2.75) is 6.92 Å². The molecular weight excluding hydrogens is 146 g/mol. The first kappa shape index (κ1) is 12.8. The summed E-state index contributed by atoms with van der Waals surface area (Å²) in [5.41, 5.74) is 1.68. The predicted molar refractivity (Wildman–Crippen MR) is 46.5 cm³/mol. The number of hydrogen-bond acceptors (Lipinski definition) is 0. The van der Waals surface area contributed by atoms with Gasteiger partial charge in [0.2, 0.25) is 0 Å². The topological polar surface area (TPSA) is 63.0 Å². The minimum atomic E-state index is -0.116. The Bertz CT molecular complexity index is 228. The highest BCUT2D eigenvalue weighted by molar-refractivity contribution is 6.32. The van der Waals surface area contributed by atoms with E-state index in [4.69, 9.17) is 0 Å². The Morgan fingerprint density at radius 3 is 2.18 bits per heavy atom. The van der Waals surface area contributed by atoms with Crippen molar-refractivity contribution in [1.82, 2.24) is 0 Å². The molecule has 11 heavy (non-hydrogen) atoms. The SMILES string of the molecule is Bc1ccc(C)c(F)c1.O.O. The van der Waals surface area contributed by atoms with Gasteiger partial charge in [0.05, 0.1) is 0 Å². The summed E-state index contributed by atoms with van der Waals surface area (Å²) in [6.07, 6.45) is 0. The quantitative estimate of drug-likeness (QED) is 0.423. The second kappa shape index (κ2) is 4.88. The van der Waals surface area contributed by atoms with Crippen LogP contribution in [0, 0.1) is 12.7 Å². The number of rotatable bonds is 0. The fourth-order valence-corrected chi connectivity index (χ4v) is 0.698. The van der Waals surface area contributed by atoms with Crippen LogP contribution in [0.5, 0.6) is 0 Å². The highest BCUT2D eigenvalue weighted by Gasteiger charge is 1.93. The van der Waals surface area contributed by atoms with Gasteiger partial charge in [-0.25, -0.2) is 4.39 Å². The molecule has 0 aliphatic carbocycles. The van der Waals surface area contributed by atoms with Gasteiger partial charge in [0.15, 0.2) is 0 Å². The smallest absolute Gasteiger partial charge is 0.139 e. The van der Waals surface area contributed by atoms with Crippen molar-refractivity contribution >= 4 is 13.3 Å². The number of hydrogen-bond donors (Lipinski definition) is 0. The molecule has 4 heteroatoms. The molecule has 0 spiro atoms. The zero-order chi connectivity index (χ0) is 6.85. The summed E-state index contributed by atoms with van der Waals surface area (Å²) in [5.74, 6) is -0.116. The summed E-state index contributed by atoms with van der Waals surface area (Å²) in [6, 6.07) is 5.22. The van der Waals surface area contributed by atoms with E-state index < -0.39 is 0 Å². The van der Waals surface area contributed by atoms with E-state index in [2.05, 4.69) is 0 Å². The van der Waals surface area contributed by atoms with Gasteiger partial charge in [0.25, 0.3) is 0 Å². The molecule has 1 aromatic carbocycles. The van der Waals surface area contributed by atoms with E-state index in [0.29, 0.717) is 5.56 Å². The molecule has 62 valence electrons. The minimum absolute atomic E-state index is 0. The van der Waals surface area contributed by atoms with Gasteiger partial charge in [-0.2, -0.15) is 0 Å². The van der Waals surface area contributed by atoms with Crippen LogP contribution in [0.2, 0.25) is 0 Å². The van der Waals surface area contributed by atoms with E-state index in [0.717, 1.165) is 5.46 Å². The Kier molecular flexibility index (Phi) is 5.66. The lowest BCUT2D eigenvalue weighted by Crippen LogP contribution is -2.02. The van der Waals surface area contributed by atoms with E-state index >= 15 is 0 Å². The van der Waals surface area contributed by atoms with E-state index in [1.807, 2.05) is 13.9 Å². The van der Waals surface area contributed by atoms with Crippen LogP contribution < -0.4 is 5.46 Å². The van der Waals surface area contributed by atoms with Crippen molar-refractivity contribution in [2.75, 3.05) is 0 Å². The maximum Gasteiger partial charge on any atom is 0.139 e. The van der Waals surface area contributed by atoms with Crippen LogP contribution in [-0.2, 0) is 0 Å². The van der Waals surface area contributed by atoms with Gasteiger partial charge in [-0.05, 0) is 18.6 Å². The standard InChI is InChI=1S/C7H8BF.2H2O/c1-5-2-3-6(8)4-7(5)9;;/h2-4H,8H2,1H3;2*1H2. The van der Waals surface area contributed by atoms with Gasteiger partial charge in [-0.1, -0.05) is 17.6 Å². The zero-order valence-electron chi connectivity index (χ0n) is 6.61. The van der Waals surface area contributed by atoms with Gasteiger partial charge in [-0.3, -0.25) is 0 Å². The first-order chi connectivity index (χ1) is 4.20. The highest BCUT2D eigenvalue weighted by Crippen LogP contribution is 2.00. The van der Waals surface area contributed by atoms with Crippen LogP contribution in [0.4, 0.5) is 4.39 Å². The van der Waals surface area contributed by atoms with Crippen molar-refractivity contribution in [3.63, 3.8) is 0 Å². The van der Waals surface area contributed by atoms with Crippen molar-refractivity contribution in [3.05, 3.63) is 29.6 Å². The lowest BCUT2D eigenvalue weighted by molar-refractivity contribution is 0.619. The molecule has 0 fully saturated rings. The molecule has 2 nitrogen and oxygen atoms in total. The minimum Gasteiger partial charge on any atom is -0.412 e. The molecule has 0 radical (unpaired) electrons. The summed E-state index contributed by atoms with van der Waals surface area (Å²) in [6.45, 7) is 1.76. The molecule has 0 amide bonds. The van der Waals surface area contributed by atoms with E-state index in [-0.39, 0.29) is 16.8 Å². The molecule has 1 aromatic rings. The Labute approximate surface area is 66.1 Å². The molecule has 1 rings (SSSR count). The molecule has 0 saturated carbocycles. The van der Waals surface area contributed by atoms with Gasteiger partial charge in [-0.15, -0.1) is 0 Å². The Morgan fingerprint density at radius 1 is 1.27 bits per heavy atom. The summed E-state index contributed by atoms with van der Waals surface area (Å²) < 4.78 is 12.6. The predicted octanol–water partition coefficient (Wildman–Crippen LogP) is -1.26. The maximum atomic E-state index is 12.6. The zero-order valence-corrected chi connectivity index (χ0v) is 6.61. The van der Waals surface area contributed by atoms with Crippen LogP contribution in [0.1, 0.15) is 5.56 Å². The average molecular weight is 158 g/mol. The largest absolute Gasteiger partial charge is 0.412 e. The average Bonchev–Trinajstić information content (AvgIpc) is 1.80. The maximum absolute atomic E-state index is 12.6. The first-order valence-corrected chi connectivity index (χ1v) is 2.93. The monoisotopic (exact) mass is 158 g/mol. The molecule has 0 unspecified atom stereocenters. The van der Waals surface area contributed by atoms with Crippen LogP contribution in [-0.4, -0.2) is 18.8 Å². The molecule has 0 aliphatic rings. The van der Waals surface area contributed by atoms with E-state index in [1.54, 1.807) is 13.0 Å². The van der Waals surface area contributed by atoms with Crippen molar-refractivity contribution < 1.29 is 15.3 Å². The second-order valence-electron chi connectivity index (χ2n) is 2.25. The highest BCUT2D eigenvalue weighted by atomic mass is 19.1. The lowest BCUT2D eigenvalue weighted by atomic mass is 9.95. The molecule has 0 bridgehead atoms. The van der Waals surface area contributed by atoms with Gasteiger partial charge in [0, 0.05) is 0 Å². The number of benzene rings is 1. The molecular formula is C7H12BFO2. The third-order valence-corrected chi connectivity index (χ3v) is 1.33. The summed E-state index contributed by atoms with van der Waals surface area (Å²) in [5, 5.41) is 0. The van der Waals surface area contributed by atoms with Crippen LogP contribution in [0.3, 0.4) is 0 Å². The number of aryl methyl sites for hydroxylation is 1. The summed E-state index contributed by atoms with van der Waals surface area (Å²) in [7, 11) is 1.88. The molecule has 0 saturated heterocycles. The Balaban J connectivity index is 0. The van der Waals surface area contributed by atoms with E-state index in [9.17, 15) is 4.39 Å². The fraction of sp³-hybridized carbons (Fsp3) is 0.143. The van der Waals surface area contributed by atoms with Crippen LogP contribution >= 0.6 is 0 Å². The van der Waals surface area contributed by atoms with Gasteiger partial charge >= 0.3 is 0 Å². The third kappa shape index (κ3) is 3.16. The van der Waals surface area contributed by atoms with Crippen molar-refractivity contribution in [1.29, 1.82) is 0 Å². The first-order valence-electron chi connectivity index (χ1n) is 2.93. The lowest BCUT2D eigenvalue weighted by Gasteiger charge is -1.94. The second-order valence-corrected chi connectivity index (χ2v) is 2.25. The number of halogens is 1. The molecule has 0 aliphatic heterocycles. The summed E-state index contributed by atoms with van der Waals surface area (Å²) >= 11 is 0. The third-order valence-electron chi connectivity index (χ3n) is 1.33. The van der Waals surface area contributed by atoms with E-state index in [1.165, 1.54) is 6.07 Å². The molecule has 0 atom stereocenters. The Morgan fingerprint density at radius 2 is 1.82 bits per heavy atom. The van der Waals surface area contributed by atoms with Crippen LogP contribution in [0.15, 0.2) is 18.2 Å². The fourth-order valence-electron chi connectivity index (χ4n) is 0.698. The van der Waals surface area contributed by atoms with Gasteiger partial charge < -0.3 is 11.0 Å². The molecule has 0 heterocycles. The van der Waals surface area contributed by atoms with Crippen LogP contribution in [0.25, 0.3) is 0 Å². The van der Waals surface area contributed by atoms with Crippen molar-refractivity contribution in [2.24, 2.45) is 0 Å². The Hall–Kier alpha value is -0.865. The van der Waals surface area contributed by atoms with Crippen molar-refractivity contribution in [3.8, 4) is 0 Å². The molecule has 4 N–H and O–H groups in total. The normalized spacial score (nSPS) is 7.82. The molecule has 0 aromatic heterocycles.